The molecule has 19 heavy (non-hydrogen) atoms. The van der Waals surface area contributed by atoms with E-state index in [1.165, 1.54) is 0 Å². The molecule has 0 unspecified atom stereocenters. The smallest absolute Gasteiger partial charge is 0.226 e. The van der Waals surface area contributed by atoms with E-state index in [4.69, 9.17) is 19.7 Å². The first-order valence-electron chi connectivity index (χ1n) is 6.08. The number of benzene rings is 1. The first kappa shape index (κ1) is 13.4. The molecule has 0 aliphatic rings. The molecule has 0 radical (unpaired) electrons. The van der Waals surface area contributed by atoms with Crippen molar-refractivity contribution in [1.82, 2.24) is 10.1 Å². The summed E-state index contributed by atoms with van der Waals surface area (Å²) < 4.78 is 16.0. The molecule has 1 aromatic heterocycles. The molecule has 0 fully saturated rings. The van der Waals surface area contributed by atoms with Crippen molar-refractivity contribution >= 4 is 0 Å². The van der Waals surface area contributed by atoms with Crippen molar-refractivity contribution < 1.29 is 14.0 Å². The highest BCUT2D eigenvalue weighted by atomic mass is 16.5. The summed E-state index contributed by atoms with van der Waals surface area (Å²) in [6.07, 6.45) is 0.704. The third-order valence-corrected chi connectivity index (χ3v) is 2.66. The molecule has 2 aromatic rings. The van der Waals surface area contributed by atoms with Crippen molar-refractivity contribution in [3.05, 3.63) is 35.5 Å². The Morgan fingerprint density at radius 2 is 2.21 bits per heavy atom. The van der Waals surface area contributed by atoms with E-state index in [-0.39, 0.29) is 6.61 Å². The molecule has 0 aliphatic carbocycles. The zero-order chi connectivity index (χ0) is 13.7. The molecule has 1 heterocycles. The Morgan fingerprint density at radius 1 is 1.37 bits per heavy atom. The van der Waals surface area contributed by atoms with Crippen molar-refractivity contribution in [2.24, 2.45) is 5.73 Å². The van der Waals surface area contributed by atoms with Crippen molar-refractivity contribution in [1.29, 1.82) is 0 Å². The summed E-state index contributed by atoms with van der Waals surface area (Å²) in [5, 5.41) is 3.83. The minimum Gasteiger partial charge on any atom is -0.493 e. The lowest BCUT2D eigenvalue weighted by Crippen LogP contribution is -2.05. The summed E-state index contributed by atoms with van der Waals surface area (Å²) in [6, 6.07) is 5.59. The van der Waals surface area contributed by atoms with Crippen molar-refractivity contribution in [3.8, 4) is 11.5 Å². The number of rotatable bonds is 6. The number of nitrogens with two attached hydrogens (primary N) is 1. The lowest BCUT2D eigenvalue weighted by atomic mass is 10.2. The van der Waals surface area contributed by atoms with Gasteiger partial charge in [0.2, 0.25) is 11.7 Å². The molecular formula is C13H17N3O3. The third-order valence-electron chi connectivity index (χ3n) is 2.66. The van der Waals surface area contributed by atoms with Crippen LogP contribution in [-0.4, -0.2) is 17.3 Å². The lowest BCUT2D eigenvalue weighted by molar-refractivity contribution is 0.266. The topological polar surface area (TPSA) is 83.4 Å². The van der Waals surface area contributed by atoms with Crippen LogP contribution in [0.15, 0.2) is 22.7 Å². The SMILES string of the molecule is CCc1nc(COc2c(CN)cccc2OC)no1. The number of aryl methyl sites for hydroxylation is 1. The first-order valence-corrected chi connectivity index (χ1v) is 6.08. The van der Waals surface area contributed by atoms with Crippen molar-refractivity contribution in [2.45, 2.75) is 26.5 Å². The van der Waals surface area contributed by atoms with Gasteiger partial charge in [0.05, 0.1) is 7.11 Å². The minimum atomic E-state index is 0.219. The minimum absolute atomic E-state index is 0.219. The maximum absolute atomic E-state index is 5.70. The van der Waals surface area contributed by atoms with Crippen LogP contribution in [0.5, 0.6) is 11.5 Å². The normalized spacial score (nSPS) is 10.5. The van der Waals surface area contributed by atoms with Gasteiger partial charge in [-0.3, -0.25) is 0 Å². The fourth-order valence-electron chi connectivity index (χ4n) is 1.68. The zero-order valence-electron chi connectivity index (χ0n) is 11.0. The van der Waals surface area contributed by atoms with E-state index in [0.717, 1.165) is 5.56 Å². The van der Waals surface area contributed by atoms with Gasteiger partial charge < -0.3 is 19.7 Å². The highest BCUT2D eigenvalue weighted by Crippen LogP contribution is 2.31. The molecule has 6 nitrogen and oxygen atoms in total. The molecule has 0 atom stereocenters. The molecule has 0 saturated carbocycles. The van der Waals surface area contributed by atoms with Crippen LogP contribution in [-0.2, 0) is 19.6 Å². The Labute approximate surface area is 111 Å². The highest BCUT2D eigenvalue weighted by molar-refractivity contribution is 5.46. The van der Waals surface area contributed by atoms with E-state index in [1.54, 1.807) is 7.11 Å². The summed E-state index contributed by atoms with van der Waals surface area (Å²) in [5.41, 5.74) is 6.56. The van der Waals surface area contributed by atoms with Crippen LogP contribution < -0.4 is 15.2 Å². The number of aromatic nitrogens is 2. The molecule has 1 aromatic carbocycles. The van der Waals surface area contributed by atoms with Gasteiger partial charge in [0.15, 0.2) is 18.1 Å². The number of hydrogen-bond donors (Lipinski definition) is 1. The Kier molecular flexibility index (Phi) is 4.35. The Morgan fingerprint density at radius 3 is 2.84 bits per heavy atom. The Bertz CT molecular complexity index is 517. The van der Waals surface area contributed by atoms with Gasteiger partial charge in [0.1, 0.15) is 0 Å². The number of para-hydroxylation sites is 1. The van der Waals surface area contributed by atoms with Gasteiger partial charge in [0.25, 0.3) is 0 Å². The molecule has 0 aliphatic heterocycles. The predicted octanol–water partition coefficient (Wildman–Crippen LogP) is 1.68. The van der Waals surface area contributed by atoms with Gasteiger partial charge in [-0.15, -0.1) is 0 Å². The fraction of sp³-hybridized carbons (Fsp3) is 0.385. The van der Waals surface area contributed by atoms with Gasteiger partial charge in [-0.25, -0.2) is 0 Å². The number of methoxy groups -OCH3 is 1. The molecule has 0 spiro atoms. The van der Waals surface area contributed by atoms with Gasteiger partial charge in [-0.1, -0.05) is 24.2 Å². The molecule has 2 rings (SSSR count). The summed E-state index contributed by atoms with van der Waals surface area (Å²) >= 11 is 0. The predicted molar refractivity (Wildman–Crippen MR) is 68.9 cm³/mol. The van der Waals surface area contributed by atoms with Gasteiger partial charge >= 0.3 is 0 Å². The van der Waals surface area contributed by atoms with E-state index in [2.05, 4.69) is 10.1 Å². The number of hydrogen-bond acceptors (Lipinski definition) is 6. The van der Waals surface area contributed by atoms with Crippen molar-refractivity contribution in [3.63, 3.8) is 0 Å². The second-order valence-electron chi connectivity index (χ2n) is 3.90. The molecular weight excluding hydrogens is 246 g/mol. The maximum Gasteiger partial charge on any atom is 0.226 e. The standard InChI is InChI=1S/C13H17N3O3/c1-3-12-15-11(16-19-12)8-18-13-9(7-14)5-4-6-10(13)17-2/h4-6H,3,7-8,14H2,1-2H3. The average Bonchev–Trinajstić information content (AvgIpc) is 2.92. The third kappa shape index (κ3) is 3.03. The van der Waals surface area contributed by atoms with E-state index in [1.807, 2.05) is 25.1 Å². The van der Waals surface area contributed by atoms with E-state index < -0.39 is 0 Å². The fourth-order valence-corrected chi connectivity index (χ4v) is 1.68. The summed E-state index contributed by atoms with van der Waals surface area (Å²) in [7, 11) is 1.59. The lowest BCUT2D eigenvalue weighted by Gasteiger charge is -2.12. The molecule has 2 N–H and O–H groups in total. The first-order chi connectivity index (χ1) is 9.28. The molecule has 0 amide bonds. The second kappa shape index (κ2) is 6.19. The molecule has 0 bridgehead atoms. The van der Waals surface area contributed by atoms with Crippen LogP contribution in [0.3, 0.4) is 0 Å². The zero-order valence-corrected chi connectivity index (χ0v) is 11.0. The average molecular weight is 263 g/mol. The van der Waals surface area contributed by atoms with Crippen LogP contribution in [0.1, 0.15) is 24.2 Å². The number of ether oxygens (including phenoxy) is 2. The van der Waals surface area contributed by atoms with Crippen LogP contribution in [0, 0.1) is 0 Å². The maximum atomic E-state index is 5.70. The van der Waals surface area contributed by atoms with Crippen LogP contribution in [0.2, 0.25) is 0 Å². The second-order valence-corrected chi connectivity index (χ2v) is 3.90. The number of nitrogens with zero attached hydrogens (tertiary/aromatic N) is 2. The summed E-state index contributed by atoms with van der Waals surface area (Å²) in [5.74, 6) is 2.36. The molecule has 6 heteroatoms. The molecule has 0 saturated heterocycles. The Hall–Kier alpha value is -2.08. The van der Waals surface area contributed by atoms with E-state index in [9.17, 15) is 0 Å². The van der Waals surface area contributed by atoms with Crippen LogP contribution >= 0.6 is 0 Å². The quantitative estimate of drug-likeness (QED) is 0.853. The largest absolute Gasteiger partial charge is 0.493 e. The van der Waals surface area contributed by atoms with E-state index in [0.29, 0.717) is 36.2 Å². The summed E-state index contributed by atoms with van der Waals surface area (Å²) in [6.45, 7) is 2.54. The molecule has 102 valence electrons. The van der Waals surface area contributed by atoms with Gasteiger partial charge in [-0.2, -0.15) is 4.98 Å². The monoisotopic (exact) mass is 263 g/mol. The van der Waals surface area contributed by atoms with E-state index >= 15 is 0 Å². The highest BCUT2D eigenvalue weighted by Gasteiger charge is 2.11. The Balaban J connectivity index is 2.13. The van der Waals surface area contributed by atoms with Gasteiger partial charge in [-0.05, 0) is 6.07 Å². The van der Waals surface area contributed by atoms with Crippen LogP contribution in [0.25, 0.3) is 0 Å². The van der Waals surface area contributed by atoms with Gasteiger partial charge in [0, 0.05) is 18.5 Å². The van der Waals surface area contributed by atoms with Crippen molar-refractivity contribution in [2.75, 3.05) is 7.11 Å². The van der Waals surface area contributed by atoms with Crippen LogP contribution in [0.4, 0.5) is 0 Å². The summed E-state index contributed by atoms with van der Waals surface area (Å²) in [4.78, 5) is 4.18.